The molecule has 0 atom stereocenters. The maximum Gasteiger partial charge on any atom is 0.157 e. The second kappa shape index (κ2) is 16.9. The molecule has 0 heterocycles. The highest BCUT2D eigenvalue weighted by molar-refractivity contribution is 6.37. The minimum absolute atomic E-state index is 0.0370. The highest BCUT2D eigenvalue weighted by atomic mass is 35.5. The van der Waals surface area contributed by atoms with Crippen LogP contribution in [0.2, 0.25) is 15.1 Å². The van der Waals surface area contributed by atoms with E-state index in [-0.39, 0.29) is 12.9 Å². The van der Waals surface area contributed by atoms with Gasteiger partial charge in [-0.3, -0.25) is 4.79 Å². The van der Waals surface area contributed by atoms with Crippen molar-refractivity contribution >= 4 is 41.1 Å². The van der Waals surface area contributed by atoms with E-state index in [4.69, 9.17) is 58.5 Å². The third-order valence-corrected chi connectivity index (χ3v) is 4.52. The van der Waals surface area contributed by atoms with Crippen LogP contribution in [0.3, 0.4) is 0 Å². The predicted octanol–water partition coefficient (Wildman–Crippen LogP) is 6.48. The van der Waals surface area contributed by atoms with E-state index < -0.39 is 0 Å². The van der Waals surface area contributed by atoms with E-state index in [9.17, 15) is 4.79 Å². The summed E-state index contributed by atoms with van der Waals surface area (Å²) in [6.07, 6.45) is 1.26. The average Bonchev–Trinajstić information content (AvgIpc) is 2.76. The molecule has 0 unspecified atom stereocenters. The van der Waals surface area contributed by atoms with Gasteiger partial charge in [0.1, 0.15) is 18.1 Å². The highest BCUT2D eigenvalue weighted by Crippen LogP contribution is 2.37. The lowest BCUT2D eigenvalue weighted by Crippen LogP contribution is -2.11. The molecule has 32 heavy (non-hydrogen) atoms. The molecule has 9 heteroatoms. The fourth-order valence-electron chi connectivity index (χ4n) is 2.36. The quantitative estimate of drug-likeness (QED) is 0.176. The van der Waals surface area contributed by atoms with Gasteiger partial charge in [-0.05, 0) is 45.0 Å². The van der Waals surface area contributed by atoms with E-state index in [1.807, 2.05) is 20.8 Å². The number of ether oxygens (including phenoxy) is 5. The van der Waals surface area contributed by atoms with Crippen LogP contribution in [0.15, 0.2) is 36.4 Å². The van der Waals surface area contributed by atoms with E-state index in [0.717, 1.165) is 19.0 Å². The average molecular weight is 508 g/mol. The topological polar surface area (TPSA) is 63.2 Å². The molecule has 0 aliphatic carbocycles. The fraction of sp³-hybridized carbons (Fsp3) is 0.435. The van der Waals surface area contributed by atoms with Gasteiger partial charge in [-0.2, -0.15) is 0 Å². The van der Waals surface area contributed by atoms with Crippen LogP contribution in [0.1, 0.15) is 27.2 Å². The van der Waals surface area contributed by atoms with Crippen molar-refractivity contribution < 1.29 is 28.5 Å². The SMILES string of the molecule is CCOC(C)OCC.O=CCOc1cc(Cl)c(OCCCOc2ccc(Cl)cc2)c(Cl)c1. The summed E-state index contributed by atoms with van der Waals surface area (Å²) in [5, 5.41) is 1.31. The number of rotatable bonds is 13. The van der Waals surface area contributed by atoms with Crippen molar-refractivity contribution in [3.8, 4) is 17.2 Å². The zero-order valence-electron chi connectivity index (χ0n) is 18.4. The molecule has 2 rings (SSSR count). The summed E-state index contributed by atoms with van der Waals surface area (Å²) in [7, 11) is 0. The lowest BCUT2D eigenvalue weighted by atomic mass is 10.3. The summed E-state index contributed by atoms with van der Waals surface area (Å²) in [6.45, 7) is 8.06. The highest BCUT2D eigenvalue weighted by Gasteiger charge is 2.10. The van der Waals surface area contributed by atoms with E-state index in [0.29, 0.717) is 52.5 Å². The lowest BCUT2D eigenvalue weighted by Gasteiger charge is -2.12. The maximum absolute atomic E-state index is 10.3. The van der Waals surface area contributed by atoms with Crippen LogP contribution in [0.4, 0.5) is 0 Å². The van der Waals surface area contributed by atoms with Gasteiger partial charge >= 0.3 is 0 Å². The minimum Gasteiger partial charge on any atom is -0.493 e. The molecule has 0 aliphatic rings. The molecule has 0 N–H and O–H groups in total. The van der Waals surface area contributed by atoms with Gasteiger partial charge in [0.15, 0.2) is 18.3 Å². The Balaban J connectivity index is 0.000000547. The molecule has 2 aromatic rings. The fourth-order valence-corrected chi connectivity index (χ4v) is 3.06. The van der Waals surface area contributed by atoms with Crippen molar-refractivity contribution in [2.24, 2.45) is 0 Å². The van der Waals surface area contributed by atoms with Crippen molar-refractivity contribution in [1.82, 2.24) is 0 Å². The molecule has 178 valence electrons. The van der Waals surface area contributed by atoms with Crippen molar-refractivity contribution in [2.45, 2.75) is 33.5 Å². The second-order valence-corrected chi connectivity index (χ2v) is 7.43. The number of hydrogen-bond donors (Lipinski definition) is 0. The number of benzene rings is 2. The van der Waals surface area contributed by atoms with E-state index in [1.165, 1.54) is 0 Å². The smallest absolute Gasteiger partial charge is 0.157 e. The number of hydrogen-bond acceptors (Lipinski definition) is 6. The molecule has 0 radical (unpaired) electrons. The summed E-state index contributed by atoms with van der Waals surface area (Å²) in [5.41, 5.74) is 0. The zero-order valence-corrected chi connectivity index (χ0v) is 20.7. The Morgan fingerprint density at radius 3 is 1.94 bits per heavy atom. The second-order valence-electron chi connectivity index (χ2n) is 6.18. The largest absolute Gasteiger partial charge is 0.493 e. The first kappa shape index (κ1) is 28.3. The minimum atomic E-state index is -0.0606. The molecule has 0 saturated heterocycles. The summed E-state index contributed by atoms with van der Waals surface area (Å²) in [5.74, 6) is 1.53. The van der Waals surface area contributed by atoms with E-state index >= 15 is 0 Å². The number of halogens is 3. The molecule has 0 saturated carbocycles. The van der Waals surface area contributed by atoms with Gasteiger partial charge in [0, 0.05) is 36.8 Å². The first-order valence-corrected chi connectivity index (χ1v) is 11.3. The Bertz CT molecular complexity index is 757. The molecule has 0 amide bonds. The monoisotopic (exact) mass is 506 g/mol. The lowest BCUT2D eigenvalue weighted by molar-refractivity contribution is -0.123. The van der Waals surface area contributed by atoms with Crippen molar-refractivity contribution in [3.05, 3.63) is 51.5 Å². The van der Waals surface area contributed by atoms with Gasteiger partial charge in [0.05, 0.1) is 23.3 Å². The van der Waals surface area contributed by atoms with Crippen molar-refractivity contribution in [1.29, 1.82) is 0 Å². The normalized spacial score (nSPS) is 10.3. The van der Waals surface area contributed by atoms with Crippen LogP contribution in [-0.4, -0.2) is 45.6 Å². The Hall–Kier alpha value is -1.70. The van der Waals surface area contributed by atoms with Gasteiger partial charge in [-0.15, -0.1) is 0 Å². The molecular weight excluding hydrogens is 479 g/mol. The molecule has 0 fully saturated rings. The van der Waals surface area contributed by atoms with Gasteiger partial charge in [0.2, 0.25) is 0 Å². The van der Waals surface area contributed by atoms with Gasteiger partial charge in [0.25, 0.3) is 0 Å². The maximum atomic E-state index is 10.3. The summed E-state index contributed by atoms with van der Waals surface area (Å²) >= 11 is 18.0. The van der Waals surface area contributed by atoms with Crippen LogP contribution < -0.4 is 14.2 Å². The first-order chi connectivity index (χ1) is 15.4. The predicted molar refractivity (Wildman–Crippen MR) is 128 cm³/mol. The van der Waals surface area contributed by atoms with Crippen molar-refractivity contribution in [3.63, 3.8) is 0 Å². The summed E-state index contributed by atoms with van der Waals surface area (Å²) < 4.78 is 26.4. The molecule has 0 aliphatic heterocycles. The summed E-state index contributed by atoms with van der Waals surface area (Å²) in [6, 6.07) is 10.2. The zero-order chi connectivity index (χ0) is 23.8. The molecule has 0 aromatic heterocycles. The summed E-state index contributed by atoms with van der Waals surface area (Å²) in [4.78, 5) is 10.3. The van der Waals surface area contributed by atoms with E-state index in [2.05, 4.69) is 0 Å². The molecule has 6 nitrogen and oxygen atoms in total. The Kier molecular flexibility index (Phi) is 14.9. The Morgan fingerprint density at radius 1 is 0.844 bits per heavy atom. The Morgan fingerprint density at radius 2 is 1.41 bits per heavy atom. The number of carbonyl (C=O) groups excluding carboxylic acids is 1. The number of carbonyl (C=O) groups is 1. The van der Waals surface area contributed by atoms with Crippen LogP contribution >= 0.6 is 34.8 Å². The van der Waals surface area contributed by atoms with Gasteiger partial charge in [-0.25, -0.2) is 0 Å². The van der Waals surface area contributed by atoms with Crippen molar-refractivity contribution in [2.75, 3.05) is 33.0 Å². The van der Waals surface area contributed by atoms with Gasteiger partial charge < -0.3 is 23.7 Å². The van der Waals surface area contributed by atoms with Crippen LogP contribution in [0.25, 0.3) is 0 Å². The van der Waals surface area contributed by atoms with E-state index in [1.54, 1.807) is 36.4 Å². The third-order valence-electron chi connectivity index (χ3n) is 3.71. The molecule has 0 bridgehead atoms. The first-order valence-electron chi connectivity index (χ1n) is 10.2. The van der Waals surface area contributed by atoms with Crippen LogP contribution in [-0.2, 0) is 14.3 Å². The van der Waals surface area contributed by atoms with Crippen LogP contribution in [0.5, 0.6) is 17.2 Å². The molecule has 2 aromatic carbocycles. The molecule has 0 spiro atoms. The molecular formula is C23H29Cl3O6. The third kappa shape index (κ3) is 11.8. The standard InChI is InChI=1S/C17H15Cl3O4.C6H14O2/c18-12-2-4-13(5-3-12)22-7-1-8-24-17-15(19)10-14(11-16(17)20)23-9-6-21;1-4-7-6(3)8-5-2/h2-6,10-11H,1,7-9H2;6H,4-5H2,1-3H3. The Labute approximate surface area is 204 Å². The van der Waals surface area contributed by atoms with Gasteiger partial charge in [-0.1, -0.05) is 34.8 Å². The number of aldehydes is 1. The van der Waals surface area contributed by atoms with Crippen LogP contribution in [0, 0.1) is 0 Å².